The van der Waals surface area contributed by atoms with Gasteiger partial charge in [-0.1, -0.05) is 12.7 Å². The highest BCUT2D eigenvalue weighted by molar-refractivity contribution is 5.53. The van der Waals surface area contributed by atoms with Crippen LogP contribution in [0.5, 0.6) is 0 Å². The predicted octanol–water partition coefficient (Wildman–Crippen LogP) is 1.33. The van der Waals surface area contributed by atoms with Crippen LogP contribution in [0.25, 0.3) is 6.58 Å². The van der Waals surface area contributed by atoms with E-state index in [1.165, 1.54) is 0 Å². The topological polar surface area (TPSA) is 49.1 Å². The van der Waals surface area contributed by atoms with E-state index < -0.39 is 0 Å². The number of benzene rings is 1. The number of fused-ring (bicyclic) bond motifs is 1. The Morgan fingerprint density at radius 1 is 1.43 bits per heavy atom. The summed E-state index contributed by atoms with van der Waals surface area (Å²) in [6.45, 7) is 8.27. The Morgan fingerprint density at radius 2 is 2.29 bits per heavy atom. The summed E-state index contributed by atoms with van der Waals surface area (Å²) < 4.78 is 0. The van der Waals surface area contributed by atoms with E-state index in [9.17, 15) is 0 Å². The highest BCUT2D eigenvalue weighted by Gasteiger charge is 2.04. The van der Waals surface area contributed by atoms with Crippen molar-refractivity contribution in [3.05, 3.63) is 35.4 Å². The number of rotatable bonds is 3. The van der Waals surface area contributed by atoms with Gasteiger partial charge in [0.15, 0.2) is 0 Å². The maximum atomic E-state index is 3.93. The zero-order valence-electron chi connectivity index (χ0n) is 7.70. The highest BCUT2D eigenvalue weighted by Crippen LogP contribution is 2.10. The molecule has 1 aliphatic rings. The summed E-state index contributed by atoms with van der Waals surface area (Å²) in [5, 5.41) is 16.1. The Balaban J connectivity index is 2.47. The number of hydrogen-bond acceptors (Lipinski definition) is 4. The van der Waals surface area contributed by atoms with E-state index in [-0.39, 0.29) is 0 Å². The summed E-state index contributed by atoms with van der Waals surface area (Å²) in [6.07, 6.45) is 1.79. The molecule has 0 atom stereocenters. The molecular weight excluding hydrogens is 176 g/mol. The summed E-state index contributed by atoms with van der Waals surface area (Å²) in [4.78, 5) is 0. The third-order valence-electron chi connectivity index (χ3n) is 2.00. The minimum absolute atomic E-state index is 0.704. The van der Waals surface area contributed by atoms with Crippen LogP contribution in [0.2, 0.25) is 0 Å². The van der Waals surface area contributed by atoms with E-state index in [1.807, 2.05) is 12.1 Å². The predicted molar refractivity (Wildman–Crippen MR) is 55.9 cm³/mol. The Labute approximate surface area is 81.4 Å². The lowest BCUT2D eigenvalue weighted by Crippen LogP contribution is -2.26. The molecule has 0 radical (unpaired) electrons. The lowest BCUT2D eigenvalue weighted by atomic mass is 10.2. The minimum Gasteiger partial charge on any atom is -0.381 e. The Morgan fingerprint density at radius 3 is 3.07 bits per heavy atom. The molecule has 1 aromatic rings. The third kappa shape index (κ3) is 1.31. The van der Waals surface area contributed by atoms with Crippen molar-refractivity contribution < 1.29 is 0 Å². The van der Waals surface area contributed by atoms with Gasteiger partial charge in [-0.15, -0.1) is 16.8 Å². The first kappa shape index (κ1) is 8.62. The molecule has 0 fully saturated rings. The maximum Gasteiger partial charge on any atom is 0.124 e. The number of anilines is 1. The van der Waals surface area contributed by atoms with Gasteiger partial charge in [0.05, 0.1) is 0 Å². The lowest BCUT2D eigenvalue weighted by molar-refractivity contribution is 1.08. The van der Waals surface area contributed by atoms with Crippen LogP contribution in [0.3, 0.4) is 0 Å². The van der Waals surface area contributed by atoms with Crippen molar-refractivity contribution in [2.45, 2.75) is 0 Å². The second-order valence-corrected chi connectivity index (χ2v) is 2.92. The molecule has 1 aliphatic heterocycles. The summed E-state index contributed by atoms with van der Waals surface area (Å²) in [5.74, 6) is 0. The molecule has 0 aliphatic carbocycles. The summed E-state index contributed by atoms with van der Waals surface area (Å²) in [7, 11) is 0. The molecule has 70 valence electrons. The molecule has 0 spiro atoms. The van der Waals surface area contributed by atoms with E-state index in [2.05, 4.69) is 33.9 Å². The van der Waals surface area contributed by atoms with Crippen LogP contribution in [0, 0.1) is 0 Å². The van der Waals surface area contributed by atoms with Crippen molar-refractivity contribution >= 4 is 18.0 Å². The van der Waals surface area contributed by atoms with Gasteiger partial charge in [0.1, 0.15) is 11.0 Å². The van der Waals surface area contributed by atoms with Crippen LogP contribution in [0.4, 0.5) is 11.4 Å². The zero-order chi connectivity index (χ0) is 9.97. The molecule has 4 heteroatoms. The second-order valence-electron chi connectivity index (χ2n) is 2.92. The van der Waals surface area contributed by atoms with E-state index in [4.69, 9.17) is 0 Å². The number of hydrogen-bond donors (Lipinski definition) is 1. The molecule has 14 heavy (non-hydrogen) atoms. The highest BCUT2D eigenvalue weighted by atomic mass is 15.4. The molecule has 2 rings (SSSR count). The van der Waals surface area contributed by atoms with Crippen LogP contribution < -0.4 is 15.9 Å². The van der Waals surface area contributed by atoms with Crippen molar-refractivity contribution in [1.82, 2.24) is 0 Å². The summed E-state index contributed by atoms with van der Waals surface area (Å²) in [5.41, 5.74) is 1.72. The van der Waals surface area contributed by atoms with Crippen molar-refractivity contribution in [3.63, 3.8) is 0 Å². The SMILES string of the molecule is C=CCNc1ccc2c(c1=C)=NN=N2. The Bertz CT molecular complexity index is 502. The molecular formula is C10H10N4. The van der Waals surface area contributed by atoms with Crippen molar-refractivity contribution in [3.8, 4) is 0 Å². The lowest BCUT2D eigenvalue weighted by Gasteiger charge is -2.03. The molecule has 1 N–H and O–H groups in total. The molecule has 0 saturated heterocycles. The monoisotopic (exact) mass is 186 g/mol. The second kappa shape index (κ2) is 3.41. The van der Waals surface area contributed by atoms with E-state index in [0.29, 0.717) is 6.54 Å². The minimum atomic E-state index is 0.704. The van der Waals surface area contributed by atoms with Gasteiger partial charge in [-0.05, 0) is 17.4 Å². The summed E-state index contributed by atoms with van der Waals surface area (Å²) >= 11 is 0. The Hall–Kier alpha value is -1.97. The van der Waals surface area contributed by atoms with Crippen LogP contribution >= 0.6 is 0 Å². The van der Waals surface area contributed by atoms with Gasteiger partial charge >= 0.3 is 0 Å². The van der Waals surface area contributed by atoms with Crippen molar-refractivity contribution in [2.75, 3.05) is 11.9 Å². The average Bonchev–Trinajstić information content (AvgIpc) is 2.66. The van der Waals surface area contributed by atoms with Crippen molar-refractivity contribution in [1.29, 1.82) is 0 Å². The fourth-order valence-electron chi connectivity index (χ4n) is 1.28. The molecule has 1 aromatic carbocycles. The van der Waals surface area contributed by atoms with Crippen LogP contribution in [0.1, 0.15) is 0 Å². The molecule has 4 nitrogen and oxygen atoms in total. The first-order chi connectivity index (χ1) is 6.83. The van der Waals surface area contributed by atoms with E-state index in [0.717, 1.165) is 22.0 Å². The quantitative estimate of drug-likeness (QED) is 0.711. The van der Waals surface area contributed by atoms with Crippen LogP contribution in [-0.4, -0.2) is 6.54 Å². The van der Waals surface area contributed by atoms with Gasteiger partial charge in [-0.25, -0.2) is 0 Å². The van der Waals surface area contributed by atoms with Gasteiger partial charge in [-0.3, -0.25) is 0 Å². The third-order valence-corrected chi connectivity index (χ3v) is 2.00. The van der Waals surface area contributed by atoms with Gasteiger partial charge in [-0.2, -0.15) is 0 Å². The Kier molecular flexibility index (Phi) is 2.10. The van der Waals surface area contributed by atoms with Crippen LogP contribution in [-0.2, 0) is 0 Å². The molecule has 1 heterocycles. The fourth-order valence-corrected chi connectivity index (χ4v) is 1.28. The van der Waals surface area contributed by atoms with Gasteiger partial charge in [0.25, 0.3) is 0 Å². The molecule has 0 unspecified atom stereocenters. The standard InChI is InChI=1S/C10H10N4/c1-3-6-11-8-4-5-9-10(7(8)2)13-14-12-9/h3-5,11H,1-2,6H2. The normalized spacial score (nSPS) is 12.0. The van der Waals surface area contributed by atoms with Gasteiger partial charge in [0.2, 0.25) is 0 Å². The van der Waals surface area contributed by atoms with E-state index in [1.54, 1.807) is 6.08 Å². The van der Waals surface area contributed by atoms with Crippen LogP contribution in [0.15, 0.2) is 40.2 Å². The maximum absolute atomic E-state index is 3.93. The largest absolute Gasteiger partial charge is 0.381 e. The fraction of sp³-hybridized carbons (Fsp3) is 0.100. The number of nitrogens with zero attached hydrogens (tertiary/aromatic N) is 3. The zero-order valence-corrected chi connectivity index (χ0v) is 7.70. The first-order valence-electron chi connectivity index (χ1n) is 4.28. The molecule has 0 saturated carbocycles. The summed E-state index contributed by atoms with van der Waals surface area (Å²) in [6, 6.07) is 3.79. The van der Waals surface area contributed by atoms with Gasteiger partial charge < -0.3 is 5.32 Å². The molecule has 0 bridgehead atoms. The number of nitrogens with one attached hydrogen (secondary N) is 1. The average molecular weight is 186 g/mol. The molecule has 0 amide bonds. The smallest absolute Gasteiger partial charge is 0.124 e. The first-order valence-corrected chi connectivity index (χ1v) is 4.28. The molecule has 0 aromatic heterocycles. The van der Waals surface area contributed by atoms with E-state index >= 15 is 0 Å². The van der Waals surface area contributed by atoms with Crippen molar-refractivity contribution in [2.24, 2.45) is 15.4 Å². The van der Waals surface area contributed by atoms with Gasteiger partial charge in [0, 0.05) is 17.5 Å².